The number of benzene rings is 2. The molecule has 0 bridgehead atoms. The number of aliphatic hydroxyl groups excluding tert-OH is 1. The van der Waals surface area contributed by atoms with Crippen molar-refractivity contribution in [3.8, 4) is 11.5 Å². The normalized spacial score (nSPS) is 12.8. The van der Waals surface area contributed by atoms with Gasteiger partial charge in [0, 0.05) is 0 Å². The zero-order chi connectivity index (χ0) is 18.1. The summed E-state index contributed by atoms with van der Waals surface area (Å²) in [6.45, 7) is 2.48. The molecule has 0 heterocycles. The van der Waals surface area contributed by atoms with Crippen molar-refractivity contribution < 1.29 is 19.4 Å². The van der Waals surface area contributed by atoms with E-state index in [4.69, 9.17) is 9.47 Å². The van der Waals surface area contributed by atoms with Crippen LogP contribution in [0.1, 0.15) is 18.6 Å². The summed E-state index contributed by atoms with van der Waals surface area (Å²) in [7, 11) is 1.58. The molecule has 0 saturated carbocycles. The second-order valence-corrected chi connectivity index (χ2v) is 5.57. The number of para-hydroxylation sites is 1. The summed E-state index contributed by atoms with van der Waals surface area (Å²) in [4.78, 5) is 11.9. The molecule has 0 spiro atoms. The lowest BCUT2D eigenvalue weighted by Crippen LogP contribution is -2.44. The molecule has 2 aromatic carbocycles. The third-order valence-corrected chi connectivity index (χ3v) is 3.69. The average Bonchev–Trinajstić information content (AvgIpc) is 2.65. The van der Waals surface area contributed by atoms with Gasteiger partial charge in [0.2, 0.25) is 0 Å². The Morgan fingerprint density at radius 3 is 2.40 bits per heavy atom. The fourth-order valence-electron chi connectivity index (χ4n) is 2.28. The first-order valence-corrected chi connectivity index (χ1v) is 8.14. The van der Waals surface area contributed by atoms with E-state index in [2.05, 4.69) is 10.6 Å². The molecule has 2 aromatic rings. The number of amides is 2. The van der Waals surface area contributed by atoms with Crippen LogP contribution in [-0.4, -0.2) is 37.4 Å². The Morgan fingerprint density at radius 2 is 1.76 bits per heavy atom. The number of urea groups is 1. The minimum Gasteiger partial charge on any atom is -0.497 e. The molecular weight excluding hydrogens is 320 g/mol. The van der Waals surface area contributed by atoms with Gasteiger partial charge in [0.15, 0.2) is 0 Å². The quantitative estimate of drug-likeness (QED) is 0.643. The number of carbonyl (C=O) groups excluding carboxylic acids is 1. The van der Waals surface area contributed by atoms with E-state index in [0.29, 0.717) is 24.5 Å². The van der Waals surface area contributed by atoms with Crippen molar-refractivity contribution in [2.45, 2.75) is 19.1 Å². The molecule has 0 aliphatic heterocycles. The largest absolute Gasteiger partial charge is 0.497 e. The predicted molar refractivity (Wildman–Crippen MR) is 95.9 cm³/mol. The topological polar surface area (TPSA) is 79.8 Å². The first-order valence-electron chi connectivity index (χ1n) is 8.14. The molecule has 3 N–H and O–H groups in total. The lowest BCUT2D eigenvalue weighted by Gasteiger charge is -2.21. The van der Waals surface area contributed by atoms with Crippen LogP contribution in [0.25, 0.3) is 0 Å². The van der Waals surface area contributed by atoms with Gasteiger partial charge in [0.25, 0.3) is 0 Å². The van der Waals surface area contributed by atoms with Crippen LogP contribution in [0.4, 0.5) is 4.79 Å². The molecule has 6 nitrogen and oxygen atoms in total. The van der Waals surface area contributed by atoms with Gasteiger partial charge in [-0.25, -0.2) is 4.79 Å². The maximum absolute atomic E-state index is 11.9. The summed E-state index contributed by atoms with van der Waals surface area (Å²) in [5.41, 5.74) is 0.709. The smallest absolute Gasteiger partial charge is 0.315 e. The number of carbonyl (C=O) groups is 1. The molecule has 0 aliphatic carbocycles. The number of hydrogen-bond donors (Lipinski definition) is 3. The van der Waals surface area contributed by atoms with Crippen molar-refractivity contribution in [3.05, 3.63) is 60.2 Å². The highest BCUT2D eigenvalue weighted by molar-refractivity contribution is 5.74. The van der Waals surface area contributed by atoms with Gasteiger partial charge in [0.05, 0.1) is 25.8 Å². The number of methoxy groups -OCH3 is 1. The van der Waals surface area contributed by atoms with E-state index in [1.807, 2.05) is 30.3 Å². The Morgan fingerprint density at radius 1 is 1.08 bits per heavy atom. The van der Waals surface area contributed by atoms with Crippen molar-refractivity contribution in [2.75, 3.05) is 20.3 Å². The molecular formula is C19H24N2O4. The number of nitrogens with one attached hydrogen (secondary N) is 2. The molecule has 6 heteroatoms. The first-order chi connectivity index (χ1) is 12.1. The average molecular weight is 344 g/mol. The van der Waals surface area contributed by atoms with Crippen LogP contribution in [0.3, 0.4) is 0 Å². The second-order valence-electron chi connectivity index (χ2n) is 5.57. The summed E-state index contributed by atoms with van der Waals surface area (Å²) in [5, 5.41) is 15.7. The van der Waals surface area contributed by atoms with Crippen molar-refractivity contribution in [2.24, 2.45) is 0 Å². The second kappa shape index (κ2) is 9.54. The predicted octanol–water partition coefficient (Wildman–Crippen LogP) is 2.50. The maximum Gasteiger partial charge on any atom is 0.315 e. The Bertz CT molecular complexity index is 646. The van der Waals surface area contributed by atoms with Crippen molar-refractivity contribution in [1.29, 1.82) is 0 Å². The van der Waals surface area contributed by atoms with Crippen LogP contribution in [0.2, 0.25) is 0 Å². The van der Waals surface area contributed by atoms with E-state index in [-0.39, 0.29) is 6.03 Å². The lowest BCUT2D eigenvalue weighted by atomic mass is 10.0. The number of ether oxygens (including phenoxy) is 2. The molecule has 134 valence electrons. The molecule has 2 atom stereocenters. The highest BCUT2D eigenvalue weighted by Gasteiger charge is 2.18. The molecule has 0 radical (unpaired) electrons. The van der Waals surface area contributed by atoms with E-state index < -0.39 is 12.1 Å². The fraction of sp³-hybridized carbons (Fsp3) is 0.316. The number of hydrogen-bond acceptors (Lipinski definition) is 4. The van der Waals surface area contributed by atoms with Crippen LogP contribution in [0.5, 0.6) is 11.5 Å². The Kier molecular flexibility index (Phi) is 7.10. The van der Waals surface area contributed by atoms with E-state index in [9.17, 15) is 9.90 Å². The van der Waals surface area contributed by atoms with Crippen LogP contribution in [0, 0.1) is 0 Å². The summed E-state index contributed by atoms with van der Waals surface area (Å²) in [6, 6.07) is 15.7. The third kappa shape index (κ3) is 6.00. The number of aliphatic hydroxyl groups is 1. The highest BCUT2D eigenvalue weighted by atomic mass is 16.5. The first kappa shape index (κ1) is 18.6. The minimum atomic E-state index is -0.808. The van der Waals surface area contributed by atoms with E-state index in [1.54, 1.807) is 38.3 Å². The van der Waals surface area contributed by atoms with E-state index >= 15 is 0 Å². The lowest BCUT2D eigenvalue weighted by molar-refractivity contribution is 0.137. The van der Waals surface area contributed by atoms with Gasteiger partial charge in [-0.1, -0.05) is 30.3 Å². The van der Waals surface area contributed by atoms with Crippen molar-refractivity contribution >= 4 is 6.03 Å². The zero-order valence-electron chi connectivity index (χ0n) is 14.4. The molecule has 2 rings (SSSR count). The Balaban J connectivity index is 1.71. The van der Waals surface area contributed by atoms with Crippen molar-refractivity contribution in [3.63, 3.8) is 0 Å². The van der Waals surface area contributed by atoms with Crippen LogP contribution < -0.4 is 20.1 Å². The monoisotopic (exact) mass is 344 g/mol. The Hall–Kier alpha value is -2.73. The highest BCUT2D eigenvalue weighted by Crippen LogP contribution is 2.20. The van der Waals surface area contributed by atoms with Gasteiger partial charge in [0.1, 0.15) is 18.1 Å². The van der Waals surface area contributed by atoms with Gasteiger partial charge in [-0.3, -0.25) is 0 Å². The van der Waals surface area contributed by atoms with Gasteiger partial charge >= 0.3 is 6.03 Å². The fourth-order valence-corrected chi connectivity index (χ4v) is 2.28. The summed E-state index contributed by atoms with van der Waals surface area (Å²) in [5.74, 6) is 1.47. The standard InChI is InChI=1S/C19H24N2O4/c1-14(18(22)15-8-10-16(24-2)11-9-15)21-19(23)20-12-13-25-17-6-4-3-5-7-17/h3-11,14,18,22H,12-13H2,1-2H3,(H2,20,21,23). The minimum absolute atomic E-state index is 0.350. The van der Waals surface area contributed by atoms with Crippen LogP contribution in [0.15, 0.2) is 54.6 Å². The summed E-state index contributed by atoms with van der Waals surface area (Å²) >= 11 is 0. The number of rotatable bonds is 8. The van der Waals surface area contributed by atoms with Gasteiger partial charge < -0.3 is 25.2 Å². The molecule has 0 aromatic heterocycles. The van der Waals surface area contributed by atoms with Gasteiger partial charge in [-0.2, -0.15) is 0 Å². The Labute approximate surface area is 147 Å². The molecule has 25 heavy (non-hydrogen) atoms. The molecule has 0 fully saturated rings. The van der Waals surface area contributed by atoms with E-state index in [1.165, 1.54) is 0 Å². The van der Waals surface area contributed by atoms with Gasteiger partial charge in [-0.05, 0) is 36.8 Å². The third-order valence-electron chi connectivity index (χ3n) is 3.69. The SMILES string of the molecule is COc1ccc(C(O)C(C)NC(=O)NCCOc2ccccc2)cc1. The summed E-state index contributed by atoms with van der Waals surface area (Å²) in [6.07, 6.45) is -0.808. The molecule has 0 aliphatic rings. The van der Waals surface area contributed by atoms with Gasteiger partial charge in [-0.15, -0.1) is 0 Å². The van der Waals surface area contributed by atoms with Crippen LogP contribution >= 0.6 is 0 Å². The summed E-state index contributed by atoms with van der Waals surface area (Å²) < 4.78 is 10.6. The molecule has 0 saturated heterocycles. The van der Waals surface area contributed by atoms with E-state index in [0.717, 1.165) is 5.75 Å². The maximum atomic E-state index is 11.9. The molecule has 2 unspecified atom stereocenters. The van der Waals surface area contributed by atoms with Crippen molar-refractivity contribution in [1.82, 2.24) is 10.6 Å². The van der Waals surface area contributed by atoms with Crippen LogP contribution in [-0.2, 0) is 0 Å². The molecule has 2 amide bonds. The zero-order valence-corrected chi connectivity index (χ0v) is 14.4.